The fraction of sp³-hybridized carbons (Fsp3) is 0. The van der Waals surface area contributed by atoms with E-state index in [1.165, 1.54) is 32.3 Å². The molecule has 0 saturated carbocycles. The highest BCUT2D eigenvalue weighted by Crippen LogP contribution is 2.59. The van der Waals surface area contributed by atoms with Crippen molar-refractivity contribution in [3.63, 3.8) is 0 Å². The molecule has 7 nitrogen and oxygen atoms in total. The van der Waals surface area contributed by atoms with Crippen molar-refractivity contribution in [3.05, 3.63) is 425 Å². The van der Waals surface area contributed by atoms with Gasteiger partial charge in [0.25, 0.3) is 0 Å². The van der Waals surface area contributed by atoms with Gasteiger partial charge in [0.2, 0.25) is 0 Å². The summed E-state index contributed by atoms with van der Waals surface area (Å²) in [6, 6.07) is 147. The van der Waals surface area contributed by atoms with E-state index in [0.717, 1.165) is 186 Å². The molecule has 3 unspecified atom stereocenters. The number of nitrogens with zero attached hydrogens (tertiary/aromatic N) is 3. The predicted molar refractivity (Wildman–Crippen MR) is 505 cm³/mol. The Hall–Kier alpha value is -14.4. The van der Waals surface area contributed by atoms with Crippen LogP contribution in [0.5, 0.6) is 0 Å². The normalized spacial score (nSPS) is 16.0. The summed E-state index contributed by atoms with van der Waals surface area (Å²) in [5.41, 5.74) is 19.9. The molecule has 0 aliphatic carbocycles. The van der Waals surface area contributed by atoms with Gasteiger partial charge in [0, 0.05) is 103 Å². The lowest BCUT2D eigenvalue weighted by Crippen LogP contribution is -2.22. The van der Waals surface area contributed by atoms with Gasteiger partial charge in [-0.3, -0.25) is 0 Å². The molecular weight excluding hydrogens is 1520 g/mol. The van der Waals surface area contributed by atoms with Gasteiger partial charge in [-0.15, -0.1) is 0 Å². The maximum Gasteiger partial charge on any atom is 0.174 e. The highest BCUT2D eigenvalue weighted by atomic mass is 31.2. The molecule has 23 aromatic rings. The minimum atomic E-state index is -3.18. The third-order valence-corrected chi connectivity index (χ3v) is 34.7. The van der Waals surface area contributed by atoms with E-state index in [2.05, 4.69) is 287 Å². The van der Waals surface area contributed by atoms with Gasteiger partial charge >= 0.3 is 0 Å². The SMILES string of the molecule is O=P1(c2ccccc2)c2ccccc2-c2ccc3c4c5ccccc5ccc4n(-c4ccccc4)c3c21.O=P1(c2ccccc2)c2ccccc2-c2ccc3c4ccc5ccccc5c4n(-c4ccccc4)c3c21.O=P1(c2ccccc2)c2ccccc2-c2ccc3c4ccccc4n(-c4ccc(-c5cccc6c5oc5ccccc56)cc4)c3c21. The lowest BCUT2D eigenvalue weighted by molar-refractivity contribution is 0.592. The van der Waals surface area contributed by atoms with Crippen molar-refractivity contribution in [1.29, 1.82) is 0 Å². The number of benzene rings is 19. The van der Waals surface area contributed by atoms with Gasteiger partial charge in [-0.1, -0.05) is 370 Å². The number of hydrogen-bond donors (Lipinski definition) is 0. The van der Waals surface area contributed by atoms with Crippen LogP contribution in [0.25, 0.3) is 170 Å². The van der Waals surface area contributed by atoms with E-state index in [1.54, 1.807) is 0 Å². The van der Waals surface area contributed by atoms with Crippen LogP contribution >= 0.6 is 21.4 Å². The molecule has 120 heavy (non-hydrogen) atoms. The summed E-state index contributed by atoms with van der Waals surface area (Å²) in [6.45, 7) is 0. The first-order valence-corrected chi connectivity index (χ1v) is 45.8. The Balaban J connectivity index is 0.000000103. The standard InChI is InChI=1S/C42H26NO2P.2C34H22NOP/c44-46(29-11-2-1-3-12-29)39-20-9-6-15-33(39)36-26-25-34-31-13-4-7-18-37(31)43(40(34)42(36)46)28-23-21-27(22-24-28)30-16-10-17-35-32-14-5-8-19-38(32)45-41(30)35;36-37(25-14-5-2-6-15-25)31-18-10-9-17-27(31)28-20-21-29-32-26-16-8-7-11-23(26)19-22-30(32)35(33(29)34(28)37)24-12-3-1-4-13-24;36-37(25-14-5-2-6-15-25)31-18-10-9-17-27(31)30-22-21-29-28-20-19-23-11-7-8-16-26(23)32(28)35(33(29)34(30)37)24-12-3-1-4-13-24/h1-26H;2*1-22H. The maximum atomic E-state index is 15.7. The molecule has 4 aromatic heterocycles. The van der Waals surface area contributed by atoms with Crippen LogP contribution in [-0.4, -0.2) is 13.7 Å². The number of fused-ring (bicyclic) bond motifs is 28. The van der Waals surface area contributed by atoms with Crippen molar-refractivity contribution in [2.24, 2.45) is 0 Å². The molecule has 564 valence electrons. The molecule has 0 amide bonds. The van der Waals surface area contributed by atoms with Crippen molar-refractivity contribution >= 4 is 178 Å². The van der Waals surface area contributed by atoms with Crippen LogP contribution in [-0.2, 0) is 13.7 Å². The van der Waals surface area contributed by atoms with Crippen LogP contribution in [0.2, 0.25) is 0 Å². The van der Waals surface area contributed by atoms with Gasteiger partial charge in [-0.25, -0.2) is 0 Å². The first kappa shape index (κ1) is 69.9. The highest BCUT2D eigenvalue weighted by molar-refractivity contribution is 7.87. The maximum absolute atomic E-state index is 15.7. The summed E-state index contributed by atoms with van der Waals surface area (Å²) in [4.78, 5) is 0. The average Bonchev–Trinajstić information content (AvgIpc) is 1.53. The third kappa shape index (κ3) is 10.0. The number of furan rings is 1. The topological polar surface area (TPSA) is 79.1 Å². The molecule has 3 atom stereocenters. The molecule has 19 aromatic carbocycles. The Labute approximate surface area is 691 Å². The Morgan fingerprint density at radius 3 is 1.13 bits per heavy atom. The molecule has 26 rings (SSSR count). The van der Waals surface area contributed by atoms with Gasteiger partial charge in [0.15, 0.2) is 21.4 Å². The lowest BCUT2D eigenvalue weighted by Gasteiger charge is -2.18. The van der Waals surface area contributed by atoms with Crippen LogP contribution in [0.1, 0.15) is 0 Å². The summed E-state index contributed by atoms with van der Waals surface area (Å²) in [7, 11) is -9.45. The molecule has 10 heteroatoms. The minimum Gasteiger partial charge on any atom is -0.455 e. The number of rotatable bonds is 7. The van der Waals surface area contributed by atoms with Crippen LogP contribution in [0.15, 0.2) is 429 Å². The highest BCUT2D eigenvalue weighted by Gasteiger charge is 2.46. The number of aromatic nitrogens is 3. The second-order valence-electron chi connectivity index (χ2n) is 31.3. The molecule has 0 spiro atoms. The molecule has 3 aliphatic heterocycles. The summed E-state index contributed by atoms with van der Waals surface area (Å²) < 4.78 is 60.3. The Morgan fingerprint density at radius 1 is 0.208 bits per heavy atom. The first-order chi connectivity index (χ1) is 59.2. The van der Waals surface area contributed by atoms with Gasteiger partial charge in [0.1, 0.15) is 11.2 Å². The largest absolute Gasteiger partial charge is 0.455 e. The molecule has 7 heterocycles. The van der Waals surface area contributed by atoms with E-state index in [0.29, 0.717) is 0 Å². The monoisotopic (exact) mass is 1590 g/mol. The van der Waals surface area contributed by atoms with E-state index in [1.807, 2.05) is 152 Å². The third-order valence-electron chi connectivity index (χ3n) is 25.2. The second kappa shape index (κ2) is 27.1. The zero-order valence-electron chi connectivity index (χ0n) is 64.7. The summed E-state index contributed by atoms with van der Waals surface area (Å²) in [6.07, 6.45) is 0. The number of para-hydroxylation sites is 5. The zero-order chi connectivity index (χ0) is 79.5. The summed E-state index contributed by atoms with van der Waals surface area (Å²) >= 11 is 0. The Morgan fingerprint density at radius 2 is 0.575 bits per heavy atom. The zero-order valence-corrected chi connectivity index (χ0v) is 67.4. The fourth-order valence-electron chi connectivity index (χ4n) is 20.1. The van der Waals surface area contributed by atoms with E-state index < -0.39 is 21.4 Å². The molecular formula is C110H70N3O4P3. The summed E-state index contributed by atoms with van der Waals surface area (Å²) in [5.74, 6) is 0. The van der Waals surface area contributed by atoms with E-state index >= 15 is 13.7 Å². The quantitative estimate of drug-likeness (QED) is 0.149. The van der Waals surface area contributed by atoms with Crippen LogP contribution in [0.3, 0.4) is 0 Å². The van der Waals surface area contributed by atoms with Crippen LogP contribution in [0, 0.1) is 0 Å². The van der Waals surface area contributed by atoms with Gasteiger partial charge < -0.3 is 31.8 Å². The van der Waals surface area contributed by atoms with Gasteiger partial charge in [-0.05, 0) is 110 Å². The van der Waals surface area contributed by atoms with Crippen molar-refractivity contribution < 1.29 is 18.1 Å². The van der Waals surface area contributed by atoms with Gasteiger partial charge in [0.05, 0.1) is 49.0 Å². The minimum absolute atomic E-state index is 0.861. The van der Waals surface area contributed by atoms with Crippen LogP contribution in [0.4, 0.5) is 0 Å². The Bertz CT molecular complexity index is 8260. The average molecular weight is 1590 g/mol. The predicted octanol–water partition coefficient (Wildman–Crippen LogP) is 25.1. The Kier molecular flexibility index (Phi) is 15.8. The fourth-order valence-corrected chi connectivity index (χ4v) is 29.8. The summed E-state index contributed by atoms with van der Waals surface area (Å²) in [5, 5.41) is 22.1. The lowest BCUT2D eigenvalue weighted by atomic mass is 10.0. The van der Waals surface area contributed by atoms with Crippen LogP contribution < -0.4 is 47.7 Å². The molecule has 0 bridgehead atoms. The molecule has 0 fully saturated rings. The number of hydrogen-bond acceptors (Lipinski definition) is 4. The van der Waals surface area contributed by atoms with E-state index in [4.69, 9.17) is 4.42 Å². The second-order valence-corrected chi connectivity index (χ2v) is 39.3. The van der Waals surface area contributed by atoms with Crippen molar-refractivity contribution in [2.75, 3.05) is 0 Å². The molecule has 0 saturated heterocycles. The molecule has 0 radical (unpaired) electrons. The van der Waals surface area contributed by atoms with E-state index in [-0.39, 0.29) is 0 Å². The van der Waals surface area contributed by atoms with E-state index in [9.17, 15) is 0 Å². The smallest absolute Gasteiger partial charge is 0.174 e. The van der Waals surface area contributed by atoms with Crippen molar-refractivity contribution in [3.8, 4) is 61.6 Å². The molecule has 0 N–H and O–H groups in total. The van der Waals surface area contributed by atoms with Crippen molar-refractivity contribution in [1.82, 2.24) is 13.7 Å². The van der Waals surface area contributed by atoms with Gasteiger partial charge in [-0.2, -0.15) is 0 Å². The van der Waals surface area contributed by atoms with Crippen molar-refractivity contribution in [2.45, 2.75) is 0 Å². The molecule has 3 aliphatic rings. The first-order valence-electron chi connectivity index (χ1n) is 40.7.